The molecule has 0 rings (SSSR count). The van der Waals surface area contributed by atoms with Crippen LogP contribution in [-0.2, 0) is 4.79 Å². The summed E-state index contributed by atoms with van der Waals surface area (Å²) in [4.78, 5) is 13.4. The minimum Gasteiger partial charge on any atom is -0.396 e. The molecule has 0 aliphatic carbocycles. The summed E-state index contributed by atoms with van der Waals surface area (Å²) in [5.41, 5.74) is -0.307. The first-order valence-electron chi connectivity index (χ1n) is 4.94. The van der Waals surface area contributed by atoms with Crippen molar-refractivity contribution in [2.75, 3.05) is 27.2 Å². The van der Waals surface area contributed by atoms with Crippen molar-refractivity contribution in [1.29, 1.82) is 0 Å². The van der Waals surface area contributed by atoms with E-state index in [1.165, 1.54) is 0 Å². The van der Waals surface area contributed by atoms with E-state index in [2.05, 4.69) is 5.32 Å². The van der Waals surface area contributed by atoms with E-state index in [-0.39, 0.29) is 18.1 Å². The van der Waals surface area contributed by atoms with Crippen molar-refractivity contribution < 1.29 is 9.90 Å². The van der Waals surface area contributed by atoms with Gasteiger partial charge in [0.1, 0.15) is 0 Å². The van der Waals surface area contributed by atoms with E-state index in [4.69, 9.17) is 5.11 Å². The molecule has 0 saturated carbocycles. The molecule has 84 valence electrons. The molecular formula is C10H22N2O2. The number of carbonyl (C=O) groups excluding carboxylic acids is 1. The molecule has 0 spiro atoms. The zero-order chi connectivity index (χ0) is 11.2. The lowest BCUT2D eigenvalue weighted by Gasteiger charge is -2.25. The van der Waals surface area contributed by atoms with Gasteiger partial charge in [0, 0.05) is 25.1 Å². The standard InChI is InChI=1S/C10H22N2O2/c1-10(2,6-8-13)11-9(14)5-7-12(3)4/h13H,5-8H2,1-4H3,(H,11,14). The predicted octanol–water partition coefficient (Wildman–Crippen LogP) is 0.215. The highest BCUT2D eigenvalue weighted by molar-refractivity contribution is 5.76. The van der Waals surface area contributed by atoms with E-state index in [1.54, 1.807) is 0 Å². The number of rotatable bonds is 6. The Morgan fingerprint density at radius 1 is 1.43 bits per heavy atom. The molecule has 0 aliphatic heterocycles. The number of hydrogen-bond acceptors (Lipinski definition) is 3. The van der Waals surface area contributed by atoms with Gasteiger partial charge in [-0.1, -0.05) is 0 Å². The van der Waals surface area contributed by atoms with Gasteiger partial charge in [0.2, 0.25) is 5.91 Å². The van der Waals surface area contributed by atoms with E-state index >= 15 is 0 Å². The Labute approximate surface area is 86.3 Å². The summed E-state index contributed by atoms with van der Waals surface area (Å²) in [7, 11) is 3.87. The summed E-state index contributed by atoms with van der Waals surface area (Å²) in [5, 5.41) is 11.7. The minimum atomic E-state index is -0.307. The van der Waals surface area contributed by atoms with Crippen LogP contribution < -0.4 is 5.32 Å². The summed E-state index contributed by atoms with van der Waals surface area (Å²) in [5.74, 6) is 0.0390. The molecule has 0 atom stereocenters. The Bertz CT molecular complexity index is 179. The Morgan fingerprint density at radius 2 is 2.00 bits per heavy atom. The molecule has 14 heavy (non-hydrogen) atoms. The normalized spacial score (nSPS) is 11.9. The first kappa shape index (κ1) is 13.4. The maximum atomic E-state index is 11.4. The van der Waals surface area contributed by atoms with E-state index < -0.39 is 0 Å². The van der Waals surface area contributed by atoms with E-state index in [1.807, 2.05) is 32.8 Å². The Morgan fingerprint density at radius 3 is 2.43 bits per heavy atom. The third-order valence-corrected chi connectivity index (χ3v) is 2.00. The minimum absolute atomic E-state index is 0.0390. The fourth-order valence-corrected chi connectivity index (χ4v) is 1.11. The maximum absolute atomic E-state index is 11.4. The molecule has 0 bridgehead atoms. The van der Waals surface area contributed by atoms with Crippen LogP contribution in [0.4, 0.5) is 0 Å². The molecule has 0 aliphatic rings. The molecule has 0 heterocycles. The molecule has 2 N–H and O–H groups in total. The molecule has 0 saturated heterocycles. The molecular weight excluding hydrogens is 180 g/mol. The second-order valence-electron chi connectivity index (χ2n) is 4.46. The molecule has 4 nitrogen and oxygen atoms in total. The average molecular weight is 202 g/mol. The van der Waals surface area contributed by atoms with Gasteiger partial charge in [-0.05, 0) is 34.4 Å². The van der Waals surface area contributed by atoms with Crippen molar-refractivity contribution in [3.8, 4) is 0 Å². The van der Waals surface area contributed by atoms with Crippen LogP contribution in [0, 0.1) is 0 Å². The fourth-order valence-electron chi connectivity index (χ4n) is 1.11. The molecule has 0 aromatic heterocycles. The van der Waals surface area contributed by atoms with Gasteiger partial charge in [-0.25, -0.2) is 0 Å². The third-order valence-electron chi connectivity index (χ3n) is 2.00. The van der Waals surface area contributed by atoms with E-state index in [0.29, 0.717) is 12.8 Å². The van der Waals surface area contributed by atoms with E-state index in [0.717, 1.165) is 6.54 Å². The largest absolute Gasteiger partial charge is 0.396 e. The van der Waals surface area contributed by atoms with Crippen LogP contribution in [0.2, 0.25) is 0 Å². The molecule has 1 amide bonds. The summed E-state index contributed by atoms with van der Waals surface area (Å²) in [6, 6.07) is 0. The predicted molar refractivity (Wildman–Crippen MR) is 57.1 cm³/mol. The van der Waals surface area contributed by atoms with Crippen molar-refractivity contribution in [3.05, 3.63) is 0 Å². The number of hydrogen-bond donors (Lipinski definition) is 2. The summed E-state index contributed by atoms with van der Waals surface area (Å²) >= 11 is 0. The number of nitrogens with zero attached hydrogens (tertiary/aromatic N) is 1. The lowest BCUT2D eigenvalue weighted by atomic mass is 10.0. The number of aliphatic hydroxyl groups is 1. The second kappa shape index (κ2) is 5.98. The van der Waals surface area contributed by atoms with Crippen LogP contribution in [0.3, 0.4) is 0 Å². The Kier molecular flexibility index (Phi) is 5.72. The molecule has 0 fully saturated rings. The zero-order valence-corrected chi connectivity index (χ0v) is 9.63. The van der Waals surface area contributed by atoms with Crippen LogP contribution in [0.5, 0.6) is 0 Å². The van der Waals surface area contributed by atoms with Gasteiger partial charge in [0.05, 0.1) is 0 Å². The summed E-state index contributed by atoms with van der Waals surface area (Å²) in [6.45, 7) is 4.68. The number of aliphatic hydroxyl groups excluding tert-OH is 1. The number of amides is 1. The lowest BCUT2D eigenvalue weighted by molar-refractivity contribution is -0.123. The average Bonchev–Trinajstić information content (AvgIpc) is 1.99. The van der Waals surface area contributed by atoms with Gasteiger partial charge in [-0.2, -0.15) is 0 Å². The van der Waals surface area contributed by atoms with Gasteiger partial charge in [-0.3, -0.25) is 4.79 Å². The van der Waals surface area contributed by atoms with Gasteiger partial charge < -0.3 is 15.3 Å². The van der Waals surface area contributed by atoms with Crippen LogP contribution in [-0.4, -0.2) is 48.7 Å². The third kappa shape index (κ3) is 6.86. The van der Waals surface area contributed by atoms with Crippen molar-refractivity contribution in [2.24, 2.45) is 0 Å². The topological polar surface area (TPSA) is 52.6 Å². The molecule has 0 aromatic rings. The smallest absolute Gasteiger partial charge is 0.221 e. The lowest BCUT2D eigenvalue weighted by Crippen LogP contribution is -2.44. The maximum Gasteiger partial charge on any atom is 0.221 e. The number of carbonyl (C=O) groups is 1. The number of nitrogens with one attached hydrogen (secondary N) is 1. The highest BCUT2D eigenvalue weighted by Crippen LogP contribution is 2.07. The van der Waals surface area contributed by atoms with Crippen molar-refractivity contribution in [3.63, 3.8) is 0 Å². The molecule has 0 unspecified atom stereocenters. The molecule has 0 aromatic carbocycles. The first-order valence-corrected chi connectivity index (χ1v) is 4.94. The van der Waals surface area contributed by atoms with Crippen molar-refractivity contribution in [2.45, 2.75) is 32.2 Å². The van der Waals surface area contributed by atoms with Gasteiger partial charge in [0.15, 0.2) is 0 Å². The van der Waals surface area contributed by atoms with Gasteiger partial charge >= 0.3 is 0 Å². The van der Waals surface area contributed by atoms with Crippen LogP contribution in [0.25, 0.3) is 0 Å². The zero-order valence-electron chi connectivity index (χ0n) is 9.63. The summed E-state index contributed by atoms with van der Waals surface area (Å²) < 4.78 is 0. The molecule has 0 radical (unpaired) electrons. The highest BCUT2D eigenvalue weighted by Gasteiger charge is 2.19. The summed E-state index contributed by atoms with van der Waals surface area (Å²) in [6.07, 6.45) is 1.09. The Balaban J connectivity index is 3.81. The monoisotopic (exact) mass is 202 g/mol. The SMILES string of the molecule is CN(C)CCC(=O)NC(C)(C)CCO. The van der Waals surface area contributed by atoms with Crippen LogP contribution >= 0.6 is 0 Å². The van der Waals surface area contributed by atoms with Crippen molar-refractivity contribution >= 4 is 5.91 Å². The van der Waals surface area contributed by atoms with Crippen molar-refractivity contribution in [1.82, 2.24) is 10.2 Å². The molecule has 4 heteroatoms. The van der Waals surface area contributed by atoms with Gasteiger partial charge in [-0.15, -0.1) is 0 Å². The fraction of sp³-hybridized carbons (Fsp3) is 0.900. The van der Waals surface area contributed by atoms with Crippen LogP contribution in [0.15, 0.2) is 0 Å². The first-order chi connectivity index (χ1) is 6.37. The Hall–Kier alpha value is -0.610. The second-order valence-corrected chi connectivity index (χ2v) is 4.46. The van der Waals surface area contributed by atoms with Crippen LogP contribution in [0.1, 0.15) is 26.7 Å². The van der Waals surface area contributed by atoms with E-state index in [9.17, 15) is 4.79 Å². The highest BCUT2D eigenvalue weighted by atomic mass is 16.3. The van der Waals surface area contributed by atoms with Gasteiger partial charge in [0.25, 0.3) is 0 Å². The quantitative estimate of drug-likeness (QED) is 0.647.